The van der Waals surface area contributed by atoms with Gasteiger partial charge in [-0.15, -0.1) is 10.2 Å². The summed E-state index contributed by atoms with van der Waals surface area (Å²) in [5.41, 5.74) is 2.68. The molecule has 2 rings (SSSR count). The Bertz CT molecular complexity index is 564. The second kappa shape index (κ2) is 6.58. The normalized spacial score (nSPS) is 11.0. The molecule has 0 spiro atoms. The molecule has 0 atom stereocenters. The van der Waals surface area contributed by atoms with Crippen LogP contribution in [0, 0.1) is 0 Å². The minimum atomic E-state index is -0.0785. The van der Waals surface area contributed by atoms with Crippen LogP contribution in [-0.2, 0) is 11.3 Å². The van der Waals surface area contributed by atoms with Crippen LogP contribution in [0.5, 0.6) is 0 Å². The molecule has 108 valence electrons. The van der Waals surface area contributed by atoms with Gasteiger partial charge in [-0.2, -0.15) is 0 Å². The molecule has 0 aliphatic rings. The highest BCUT2D eigenvalue weighted by Crippen LogP contribution is 2.23. The zero-order valence-electron chi connectivity index (χ0n) is 11.7. The summed E-state index contributed by atoms with van der Waals surface area (Å²) in [6.45, 7) is 2.71. The molecule has 0 saturated carbocycles. The summed E-state index contributed by atoms with van der Waals surface area (Å²) < 4.78 is 7.26. The molecule has 2 aromatic heterocycles. The maximum absolute atomic E-state index is 11.6. The van der Waals surface area contributed by atoms with E-state index in [1.165, 1.54) is 11.8 Å². The van der Waals surface area contributed by atoms with Crippen molar-refractivity contribution in [1.29, 1.82) is 0 Å². The average Bonchev–Trinajstić information content (AvgIpc) is 3.03. The lowest BCUT2D eigenvalue weighted by Gasteiger charge is -2.11. The quantitative estimate of drug-likeness (QED) is 0.638. The van der Waals surface area contributed by atoms with E-state index in [1.54, 1.807) is 31.4 Å². The van der Waals surface area contributed by atoms with Crippen LogP contribution >= 0.6 is 11.8 Å². The Morgan fingerprint density at radius 2 is 2.30 bits per heavy atom. The number of amides is 1. The first-order valence-corrected chi connectivity index (χ1v) is 7.17. The van der Waals surface area contributed by atoms with E-state index in [2.05, 4.69) is 15.6 Å². The third-order valence-electron chi connectivity index (χ3n) is 2.46. The molecule has 2 aromatic rings. The molecule has 7 nitrogen and oxygen atoms in total. The van der Waals surface area contributed by atoms with E-state index in [-0.39, 0.29) is 11.7 Å². The molecule has 1 amide bonds. The highest BCUT2D eigenvalue weighted by Gasteiger charge is 2.16. The number of nitrogens with zero attached hydrogens (tertiary/aromatic N) is 4. The molecule has 0 fully saturated rings. The van der Waals surface area contributed by atoms with E-state index in [0.717, 1.165) is 0 Å². The van der Waals surface area contributed by atoms with Crippen molar-refractivity contribution >= 4 is 17.7 Å². The number of aromatic nitrogens is 3. The van der Waals surface area contributed by atoms with E-state index in [0.29, 0.717) is 23.3 Å². The molecule has 0 aliphatic carbocycles. The van der Waals surface area contributed by atoms with Gasteiger partial charge in [-0.3, -0.25) is 14.8 Å². The van der Waals surface area contributed by atoms with E-state index in [9.17, 15) is 4.79 Å². The minimum absolute atomic E-state index is 0.0785. The molecule has 0 bridgehead atoms. The van der Waals surface area contributed by atoms with Gasteiger partial charge < -0.3 is 4.42 Å². The molecule has 0 unspecified atom stereocenters. The first kappa shape index (κ1) is 14.6. The van der Waals surface area contributed by atoms with Crippen molar-refractivity contribution in [2.45, 2.75) is 18.6 Å². The Kier molecular flexibility index (Phi) is 4.80. The summed E-state index contributed by atoms with van der Waals surface area (Å²) in [5.74, 6) is 1.55. The summed E-state index contributed by atoms with van der Waals surface area (Å²) in [4.78, 5) is 11.6. The predicted octanol–water partition coefficient (Wildman–Crippen LogP) is 1.24. The zero-order chi connectivity index (χ0) is 14.5. The molecule has 1 N–H and O–H groups in total. The minimum Gasteiger partial charge on any atom is -0.461 e. The van der Waals surface area contributed by atoms with E-state index < -0.39 is 0 Å². The SMILES string of the molecule is CCn1c(SCC(=O)NN(C)C)nnc1-c1ccco1. The fraction of sp³-hybridized carbons (Fsp3) is 0.417. The predicted molar refractivity (Wildman–Crippen MR) is 76.0 cm³/mol. The smallest absolute Gasteiger partial charge is 0.244 e. The summed E-state index contributed by atoms with van der Waals surface area (Å²) in [6, 6.07) is 3.64. The van der Waals surface area contributed by atoms with Gasteiger partial charge in [0.15, 0.2) is 16.7 Å². The third kappa shape index (κ3) is 3.40. The maximum Gasteiger partial charge on any atom is 0.244 e. The van der Waals surface area contributed by atoms with Gasteiger partial charge in [0.2, 0.25) is 5.91 Å². The number of hydrogen-bond acceptors (Lipinski definition) is 6. The topological polar surface area (TPSA) is 76.2 Å². The Morgan fingerprint density at radius 3 is 2.90 bits per heavy atom. The standard InChI is InChI=1S/C12H17N5O2S/c1-4-17-11(9-6-5-7-19-9)13-14-12(17)20-8-10(18)15-16(2)3/h5-7H,4,8H2,1-3H3,(H,15,18). The fourth-order valence-electron chi connectivity index (χ4n) is 1.68. The number of furan rings is 1. The van der Waals surface area contributed by atoms with Crippen LogP contribution in [-0.4, -0.2) is 45.5 Å². The lowest BCUT2D eigenvalue weighted by atomic mass is 10.4. The summed E-state index contributed by atoms with van der Waals surface area (Å²) >= 11 is 1.35. The zero-order valence-corrected chi connectivity index (χ0v) is 12.5. The number of carbonyl (C=O) groups excluding carboxylic acids is 1. The van der Waals surface area contributed by atoms with Crippen molar-refractivity contribution in [2.24, 2.45) is 0 Å². The van der Waals surface area contributed by atoms with Gasteiger partial charge in [-0.05, 0) is 19.1 Å². The Hall–Kier alpha value is -1.80. The van der Waals surface area contributed by atoms with Crippen molar-refractivity contribution in [1.82, 2.24) is 25.2 Å². The molecular weight excluding hydrogens is 278 g/mol. The Balaban J connectivity index is 2.08. The first-order chi connectivity index (χ1) is 9.61. The number of thioether (sulfide) groups is 1. The van der Waals surface area contributed by atoms with Gasteiger partial charge in [-0.1, -0.05) is 11.8 Å². The molecular formula is C12H17N5O2S. The molecule has 2 heterocycles. The third-order valence-corrected chi connectivity index (χ3v) is 3.42. The molecule has 0 radical (unpaired) electrons. The van der Waals surface area contributed by atoms with Gasteiger partial charge in [0.05, 0.1) is 12.0 Å². The van der Waals surface area contributed by atoms with Gasteiger partial charge in [0.25, 0.3) is 0 Å². The van der Waals surface area contributed by atoms with Crippen molar-refractivity contribution in [2.75, 3.05) is 19.8 Å². The summed E-state index contributed by atoms with van der Waals surface area (Å²) in [6.07, 6.45) is 1.60. The van der Waals surface area contributed by atoms with Gasteiger partial charge in [-0.25, -0.2) is 5.01 Å². The average molecular weight is 295 g/mol. The monoisotopic (exact) mass is 295 g/mol. The van der Waals surface area contributed by atoms with Gasteiger partial charge in [0.1, 0.15) is 0 Å². The van der Waals surface area contributed by atoms with Crippen LogP contribution in [0.4, 0.5) is 0 Å². The molecule has 0 saturated heterocycles. The van der Waals surface area contributed by atoms with Crippen molar-refractivity contribution in [3.8, 4) is 11.6 Å². The fourth-order valence-corrected chi connectivity index (χ4v) is 2.48. The molecule has 0 aliphatic heterocycles. The summed E-state index contributed by atoms with van der Waals surface area (Å²) in [7, 11) is 3.54. The van der Waals surface area contributed by atoms with Crippen LogP contribution in [0.2, 0.25) is 0 Å². The van der Waals surface area contributed by atoms with Crippen molar-refractivity contribution in [3.63, 3.8) is 0 Å². The molecule has 20 heavy (non-hydrogen) atoms. The first-order valence-electron chi connectivity index (χ1n) is 6.18. The van der Waals surface area contributed by atoms with Crippen molar-refractivity contribution < 1.29 is 9.21 Å². The maximum atomic E-state index is 11.6. The van der Waals surface area contributed by atoms with Crippen LogP contribution in [0.3, 0.4) is 0 Å². The number of carbonyl (C=O) groups is 1. The van der Waals surface area contributed by atoms with Gasteiger partial charge >= 0.3 is 0 Å². The number of hydrazine groups is 1. The number of hydrogen-bond donors (Lipinski definition) is 1. The van der Waals surface area contributed by atoms with Crippen LogP contribution in [0.25, 0.3) is 11.6 Å². The summed E-state index contributed by atoms with van der Waals surface area (Å²) in [5, 5.41) is 10.6. The molecule has 0 aromatic carbocycles. The Morgan fingerprint density at radius 1 is 1.50 bits per heavy atom. The second-order valence-corrected chi connectivity index (χ2v) is 5.19. The highest BCUT2D eigenvalue weighted by molar-refractivity contribution is 7.99. The lowest BCUT2D eigenvalue weighted by Crippen LogP contribution is -2.37. The highest BCUT2D eigenvalue weighted by atomic mass is 32.2. The van der Waals surface area contributed by atoms with E-state index in [4.69, 9.17) is 4.42 Å². The number of rotatable bonds is 6. The lowest BCUT2D eigenvalue weighted by molar-refractivity contribution is -0.122. The van der Waals surface area contributed by atoms with Crippen LogP contribution < -0.4 is 5.43 Å². The largest absolute Gasteiger partial charge is 0.461 e. The van der Waals surface area contributed by atoms with E-state index in [1.807, 2.05) is 17.6 Å². The number of nitrogens with one attached hydrogen (secondary N) is 1. The van der Waals surface area contributed by atoms with Gasteiger partial charge in [0, 0.05) is 20.6 Å². The van der Waals surface area contributed by atoms with Crippen LogP contribution in [0.15, 0.2) is 28.0 Å². The van der Waals surface area contributed by atoms with Crippen molar-refractivity contribution in [3.05, 3.63) is 18.4 Å². The second-order valence-electron chi connectivity index (χ2n) is 4.25. The van der Waals surface area contributed by atoms with Crippen LogP contribution in [0.1, 0.15) is 6.92 Å². The molecule has 8 heteroatoms. The Labute approximate surface area is 121 Å². The van der Waals surface area contributed by atoms with E-state index >= 15 is 0 Å².